The van der Waals surface area contributed by atoms with Crippen molar-refractivity contribution in [3.05, 3.63) is 53.6 Å². The number of ether oxygens (including phenoxy) is 1. The molecule has 0 saturated carbocycles. The quantitative estimate of drug-likeness (QED) is 0.491. The topological polar surface area (TPSA) is 127 Å². The lowest BCUT2D eigenvalue weighted by molar-refractivity contribution is 0.0651. The van der Waals surface area contributed by atoms with Gasteiger partial charge in [-0.15, -0.1) is 0 Å². The van der Waals surface area contributed by atoms with Crippen molar-refractivity contribution >= 4 is 22.1 Å². The summed E-state index contributed by atoms with van der Waals surface area (Å²) in [7, 11) is -4.26. The number of rotatable bonds is 9. The van der Waals surface area contributed by atoms with Crippen molar-refractivity contribution in [2.45, 2.75) is 24.7 Å². The van der Waals surface area contributed by atoms with Crippen molar-refractivity contribution in [1.29, 1.82) is 0 Å². The van der Waals surface area contributed by atoms with Gasteiger partial charge in [-0.3, -0.25) is 0 Å². The fourth-order valence-electron chi connectivity index (χ4n) is 2.17. The number of carbonyl (C=O) groups is 2. The standard InChI is InChI=1S/C18H18O8S/c1-2-3-9-25-12-5-4-6-14(10-12)27(23,24)26-13-7-8-15(17(19)20)16(11-13)18(21)22/h4-8,10-11H,2-3,9H2,1H3,(H,19,20)(H,21,22). The van der Waals surface area contributed by atoms with E-state index < -0.39 is 33.2 Å². The number of hydrogen-bond acceptors (Lipinski definition) is 6. The van der Waals surface area contributed by atoms with E-state index in [2.05, 4.69) is 0 Å². The summed E-state index contributed by atoms with van der Waals surface area (Å²) < 4.78 is 35.3. The average molecular weight is 394 g/mol. The average Bonchev–Trinajstić information content (AvgIpc) is 2.61. The van der Waals surface area contributed by atoms with Gasteiger partial charge in [0.15, 0.2) is 0 Å². The zero-order valence-corrected chi connectivity index (χ0v) is 15.2. The van der Waals surface area contributed by atoms with Gasteiger partial charge >= 0.3 is 22.1 Å². The van der Waals surface area contributed by atoms with Crippen LogP contribution < -0.4 is 8.92 Å². The van der Waals surface area contributed by atoms with E-state index in [1.165, 1.54) is 18.2 Å². The third-order valence-corrected chi connectivity index (χ3v) is 4.76. The van der Waals surface area contributed by atoms with Crippen LogP contribution in [0, 0.1) is 0 Å². The summed E-state index contributed by atoms with van der Waals surface area (Å²) in [5.74, 6) is -2.91. The monoisotopic (exact) mass is 394 g/mol. The minimum Gasteiger partial charge on any atom is -0.494 e. The largest absolute Gasteiger partial charge is 0.494 e. The molecule has 0 heterocycles. The summed E-state index contributed by atoms with van der Waals surface area (Å²) in [6.45, 7) is 2.44. The van der Waals surface area contributed by atoms with Gasteiger partial charge in [0, 0.05) is 6.07 Å². The van der Waals surface area contributed by atoms with Gasteiger partial charge in [-0.05, 0) is 36.8 Å². The highest BCUT2D eigenvalue weighted by Crippen LogP contribution is 2.24. The maximum atomic E-state index is 12.4. The van der Waals surface area contributed by atoms with Crippen LogP contribution in [0.25, 0.3) is 0 Å². The lowest BCUT2D eigenvalue weighted by Crippen LogP contribution is -2.12. The van der Waals surface area contributed by atoms with Gasteiger partial charge in [0.1, 0.15) is 16.4 Å². The Morgan fingerprint density at radius 2 is 1.67 bits per heavy atom. The van der Waals surface area contributed by atoms with E-state index >= 15 is 0 Å². The van der Waals surface area contributed by atoms with E-state index in [1.807, 2.05) is 6.92 Å². The summed E-state index contributed by atoms with van der Waals surface area (Å²) in [5, 5.41) is 18.1. The second kappa shape index (κ2) is 8.54. The molecule has 2 rings (SSSR count). The van der Waals surface area contributed by atoms with E-state index in [4.69, 9.17) is 19.1 Å². The van der Waals surface area contributed by atoms with Crippen molar-refractivity contribution < 1.29 is 37.1 Å². The maximum Gasteiger partial charge on any atom is 0.339 e. The molecule has 8 nitrogen and oxygen atoms in total. The summed E-state index contributed by atoms with van der Waals surface area (Å²) in [5.41, 5.74) is -1.05. The van der Waals surface area contributed by atoms with Crippen LogP contribution in [0.5, 0.6) is 11.5 Å². The number of aromatic carboxylic acids is 2. The van der Waals surface area contributed by atoms with Crippen LogP contribution in [0.2, 0.25) is 0 Å². The smallest absolute Gasteiger partial charge is 0.339 e. The summed E-state index contributed by atoms with van der Waals surface area (Å²) in [6.07, 6.45) is 1.75. The van der Waals surface area contributed by atoms with Crippen molar-refractivity contribution in [2.24, 2.45) is 0 Å². The van der Waals surface area contributed by atoms with Gasteiger partial charge in [-0.1, -0.05) is 19.4 Å². The molecule has 0 aliphatic heterocycles. The molecule has 27 heavy (non-hydrogen) atoms. The highest BCUT2D eigenvalue weighted by Gasteiger charge is 2.21. The molecule has 2 aromatic carbocycles. The predicted octanol–water partition coefficient (Wildman–Crippen LogP) is 3.03. The second-order valence-electron chi connectivity index (χ2n) is 5.53. The second-order valence-corrected chi connectivity index (χ2v) is 7.08. The van der Waals surface area contributed by atoms with Crippen molar-refractivity contribution in [3.63, 3.8) is 0 Å². The molecule has 0 bridgehead atoms. The Labute approximate surface area is 156 Å². The third kappa shape index (κ3) is 5.20. The minimum absolute atomic E-state index is 0.171. The first kappa shape index (κ1) is 20.2. The van der Waals surface area contributed by atoms with Gasteiger partial charge in [0.2, 0.25) is 0 Å². The zero-order valence-electron chi connectivity index (χ0n) is 14.4. The summed E-state index contributed by atoms with van der Waals surface area (Å²) in [4.78, 5) is 22.1. The number of hydrogen-bond donors (Lipinski definition) is 2. The Balaban J connectivity index is 2.28. The van der Waals surface area contributed by atoms with Gasteiger partial charge in [-0.2, -0.15) is 8.42 Å². The molecule has 0 unspecified atom stereocenters. The first-order chi connectivity index (χ1) is 12.7. The van der Waals surface area contributed by atoms with E-state index in [9.17, 15) is 18.0 Å². The molecule has 0 atom stereocenters. The predicted molar refractivity (Wildman–Crippen MR) is 95.0 cm³/mol. The van der Waals surface area contributed by atoms with Crippen molar-refractivity contribution in [1.82, 2.24) is 0 Å². The molecule has 2 N–H and O–H groups in total. The Kier molecular flexibility index (Phi) is 6.40. The van der Waals surface area contributed by atoms with Gasteiger partial charge < -0.3 is 19.1 Å². The van der Waals surface area contributed by atoms with Gasteiger partial charge in [-0.25, -0.2) is 9.59 Å². The molecule has 0 radical (unpaired) electrons. The van der Waals surface area contributed by atoms with E-state index in [1.54, 1.807) is 6.07 Å². The Morgan fingerprint density at radius 1 is 0.963 bits per heavy atom. The molecule has 0 aliphatic rings. The Morgan fingerprint density at radius 3 is 2.30 bits per heavy atom. The third-order valence-electron chi connectivity index (χ3n) is 3.52. The highest BCUT2D eigenvalue weighted by atomic mass is 32.2. The number of carboxylic acid groups (broad SMARTS) is 2. The van der Waals surface area contributed by atoms with Crippen LogP contribution in [0.3, 0.4) is 0 Å². The Hall–Kier alpha value is -3.07. The highest BCUT2D eigenvalue weighted by molar-refractivity contribution is 7.87. The van der Waals surface area contributed by atoms with Crippen molar-refractivity contribution in [3.8, 4) is 11.5 Å². The van der Waals surface area contributed by atoms with E-state index in [0.29, 0.717) is 12.4 Å². The molecule has 0 spiro atoms. The number of unbranched alkanes of at least 4 members (excludes halogenated alkanes) is 1. The lowest BCUT2D eigenvalue weighted by Gasteiger charge is -2.10. The fourth-order valence-corrected chi connectivity index (χ4v) is 3.13. The van der Waals surface area contributed by atoms with Gasteiger partial charge in [0.25, 0.3) is 0 Å². The maximum absolute atomic E-state index is 12.4. The van der Waals surface area contributed by atoms with E-state index in [-0.39, 0.29) is 10.6 Å². The Bertz CT molecular complexity index is 950. The van der Waals surface area contributed by atoms with E-state index in [0.717, 1.165) is 31.0 Å². The lowest BCUT2D eigenvalue weighted by atomic mass is 10.1. The fraction of sp³-hybridized carbons (Fsp3) is 0.222. The molecule has 0 saturated heterocycles. The molecule has 0 amide bonds. The molecule has 0 aliphatic carbocycles. The van der Waals surface area contributed by atoms with Crippen LogP contribution in [-0.4, -0.2) is 37.2 Å². The summed E-state index contributed by atoms with van der Waals surface area (Å²) in [6, 6.07) is 8.62. The van der Waals surface area contributed by atoms with Gasteiger partial charge in [0.05, 0.1) is 17.7 Å². The SMILES string of the molecule is CCCCOc1cccc(S(=O)(=O)Oc2ccc(C(=O)O)c(C(=O)O)c2)c1. The molecule has 2 aromatic rings. The summed E-state index contributed by atoms with van der Waals surface area (Å²) >= 11 is 0. The first-order valence-corrected chi connectivity index (χ1v) is 9.43. The normalized spacial score (nSPS) is 11.0. The number of carboxylic acids is 2. The minimum atomic E-state index is -4.26. The molecular weight excluding hydrogens is 376 g/mol. The van der Waals surface area contributed by atoms with Crippen LogP contribution in [0.15, 0.2) is 47.4 Å². The zero-order chi connectivity index (χ0) is 20.0. The molecule has 0 aromatic heterocycles. The van der Waals surface area contributed by atoms with Crippen LogP contribution in [0.1, 0.15) is 40.5 Å². The first-order valence-electron chi connectivity index (χ1n) is 8.02. The van der Waals surface area contributed by atoms with Crippen LogP contribution in [0.4, 0.5) is 0 Å². The molecule has 144 valence electrons. The molecule has 0 fully saturated rings. The van der Waals surface area contributed by atoms with Crippen molar-refractivity contribution in [2.75, 3.05) is 6.61 Å². The van der Waals surface area contributed by atoms with Crippen LogP contribution in [-0.2, 0) is 10.1 Å². The molecule has 9 heteroatoms. The van der Waals surface area contributed by atoms with Crippen LogP contribution >= 0.6 is 0 Å². The number of benzene rings is 2. The molecular formula is C18H18O8S.